The second-order valence-electron chi connectivity index (χ2n) is 5.25. The largest absolute Gasteiger partial charge is 0.480 e. The number of halogens is 1. The molecule has 0 aliphatic carbocycles. The van der Waals surface area contributed by atoms with Crippen LogP contribution in [0.15, 0.2) is 54.6 Å². The molecule has 0 heterocycles. The number of aliphatic carboxylic acids is 1. The van der Waals surface area contributed by atoms with E-state index in [4.69, 9.17) is 0 Å². The summed E-state index contributed by atoms with van der Waals surface area (Å²) >= 11 is 0. The number of hydrogen-bond donors (Lipinski definition) is 2. The smallest absolute Gasteiger partial charge is 0.326 e. The fourth-order valence-corrected chi connectivity index (χ4v) is 2.28. The van der Waals surface area contributed by atoms with Gasteiger partial charge in [-0.15, -0.1) is 0 Å². The first-order valence-corrected chi connectivity index (χ1v) is 7.39. The van der Waals surface area contributed by atoms with Crippen LogP contribution in [0.3, 0.4) is 0 Å². The average Bonchev–Trinajstić information content (AvgIpc) is 2.54. The van der Waals surface area contributed by atoms with Crippen molar-refractivity contribution >= 4 is 11.9 Å². The van der Waals surface area contributed by atoms with Crippen molar-refractivity contribution < 1.29 is 19.1 Å². The Balaban J connectivity index is 1.91. The minimum Gasteiger partial charge on any atom is -0.480 e. The highest BCUT2D eigenvalue weighted by atomic mass is 19.1. The Kier molecular flexibility index (Phi) is 5.86. The summed E-state index contributed by atoms with van der Waals surface area (Å²) in [6.07, 6.45) is 1.68. The third-order valence-corrected chi connectivity index (χ3v) is 3.49. The van der Waals surface area contributed by atoms with Crippen molar-refractivity contribution in [1.29, 1.82) is 0 Å². The second kappa shape index (κ2) is 8.08. The van der Waals surface area contributed by atoms with E-state index >= 15 is 0 Å². The summed E-state index contributed by atoms with van der Waals surface area (Å²) < 4.78 is 13.1. The summed E-state index contributed by atoms with van der Waals surface area (Å²) in [6, 6.07) is 13.9. The van der Waals surface area contributed by atoms with Gasteiger partial charge < -0.3 is 10.4 Å². The SMILES string of the molecule is O=C(N[C@@H](CCCc1ccccc1)C(=O)O)c1cccc(F)c1. The van der Waals surface area contributed by atoms with Crippen molar-refractivity contribution in [3.8, 4) is 0 Å². The lowest BCUT2D eigenvalue weighted by Gasteiger charge is -2.14. The first-order chi connectivity index (χ1) is 11.1. The maximum absolute atomic E-state index is 13.1. The number of rotatable bonds is 7. The fraction of sp³-hybridized carbons (Fsp3) is 0.222. The summed E-state index contributed by atoms with van der Waals surface area (Å²) in [7, 11) is 0. The molecule has 2 aromatic carbocycles. The topological polar surface area (TPSA) is 66.4 Å². The summed E-state index contributed by atoms with van der Waals surface area (Å²) in [5.41, 5.74) is 1.23. The highest BCUT2D eigenvalue weighted by Gasteiger charge is 2.20. The number of amides is 1. The number of hydrogen-bond acceptors (Lipinski definition) is 2. The highest BCUT2D eigenvalue weighted by molar-refractivity contribution is 5.96. The molecular formula is C18H18FNO3. The summed E-state index contributed by atoms with van der Waals surface area (Å²) in [6.45, 7) is 0. The molecule has 1 atom stereocenters. The number of benzene rings is 2. The van der Waals surface area contributed by atoms with Gasteiger partial charge in [-0.25, -0.2) is 9.18 Å². The molecule has 2 N–H and O–H groups in total. The van der Waals surface area contributed by atoms with Crippen LogP contribution in [-0.2, 0) is 11.2 Å². The van der Waals surface area contributed by atoms with E-state index in [9.17, 15) is 19.1 Å². The minimum atomic E-state index is -1.09. The van der Waals surface area contributed by atoms with E-state index < -0.39 is 23.7 Å². The monoisotopic (exact) mass is 315 g/mol. The molecule has 0 bridgehead atoms. The van der Waals surface area contributed by atoms with Crippen LogP contribution < -0.4 is 5.32 Å². The first kappa shape index (κ1) is 16.7. The summed E-state index contributed by atoms with van der Waals surface area (Å²) in [5.74, 6) is -2.21. The molecule has 4 nitrogen and oxygen atoms in total. The van der Waals surface area contributed by atoms with Crippen molar-refractivity contribution in [3.05, 3.63) is 71.5 Å². The van der Waals surface area contributed by atoms with Gasteiger partial charge in [0.05, 0.1) is 0 Å². The Morgan fingerprint density at radius 1 is 1.09 bits per heavy atom. The zero-order chi connectivity index (χ0) is 16.7. The van der Waals surface area contributed by atoms with Gasteiger partial charge in [0, 0.05) is 5.56 Å². The van der Waals surface area contributed by atoms with Gasteiger partial charge in [-0.2, -0.15) is 0 Å². The van der Waals surface area contributed by atoms with Gasteiger partial charge in [0.25, 0.3) is 5.91 Å². The maximum atomic E-state index is 13.1. The van der Waals surface area contributed by atoms with Gasteiger partial charge in [-0.3, -0.25) is 4.79 Å². The molecule has 0 unspecified atom stereocenters. The zero-order valence-corrected chi connectivity index (χ0v) is 12.5. The third-order valence-electron chi connectivity index (χ3n) is 3.49. The molecule has 2 rings (SSSR count). The van der Waals surface area contributed by atoms with Gasteiger partial charge in [0.2, 0.25) is 0 Å². The van der Waals surface area contributed by atoms with Crippen LogP contribution in [0.1, 0.15) is 28.8 Å². The molecule has 0 radical (unpaired) electrons. The van der Waals surface area contributed by atoms with Crippen LogP contribution >= 0.6 is 0 Å². The van der Waals surface area contributed by atoms with Crippen LogP contribution in [0, 0.1) is 5.82 Å². The molecule has 5 heteroatoms. The Hall–Kier alpha value is -2.69. The number of aryl methyl sites for hydroxylation is 1. The highest BCUT2D eigenvalue weighted by Crippen LogP contribution is 2.09. The summed E-state index contributed by atoms with van der Waals surface area (Å²) in [4.78, 5) is 23.3. The maximum Gasteiger partial charge on any atom is 0.326 e. The Labute approximate surface area is 134 Å². The lowest BCUT2D eigenvalue weighted by molar-refractivity contribution is -0.139. The molecule has 0 spiro atoms. The van der Waals surface area contributed by atoms with Crippen molar-refractivity contribution in [2.75, 3.05) is 0 Å². The van der Waals surface area contributed by atoms with E-state index in [0.717, 1.165) is 18.1 Å². The Bertz CT molecular complexity index is 673. The van der Waals surface area contributed by atoms with E-state index in [1.807, 2.05) is 30.3 Å². The molecule has 0 aliphatic heterocycles. The van der Waals surface area contributed by atoms with Gasteiger partial charge in [-0.1, -0.05) is 36.4 Å². The molecule has 2 aromatic rings. The molecule has 0 aliphatic rings. The summed E-state index contributed by atoms with van der Waals surface area (Å²) in [5, 5.41) is 11.7. The molecule has 0 saturated heterocycles. The first-order valence-electron chi connectivity index (χ1n) is 7.39. The minimum absolute atomic E-state index is 0.110. The average molecular weight is 315 g/mol. The van der Waals surface area contributed by atoms with Crippen LogP contribution in [0.4, 0.5) is 4.39 Å². The fourth-order valence-electron chi connectivity index (χ4n) is 2.28. The number of carbonyl (C=O) groups excluding carboxylic acids is 1. The van der Waals surface area contributed by atoms with E-state index in [1.54, 1.807) is 0 Å². The molecule has 1 amide bonds. The lowest BCUT2D eigenvalue weighted by Crippen LogP contribution is -2.40. The number of carbonyl (C=O) groups is 2. The number of nitrogens with one attached hydrogen (secondary N) is 1. The molecular weight excluding hydrogens is 297 g/mol. The molecule has 0 fully saturated rings. The van der Waals surface area contributed by atoms with E-state index in [0.29, 0.717) is 12.8 Å². The van der Waals surface area contributed by atoms with Crippen LogP contribution in [0.2, 0.25) is 0 Å². The van der Waals surface area contributed by atoms with Gasteiger partial charge in [-0.05, 0) is 43.0 Å². The predicted octanol–water partition coefficient (Wildman–Crippen LogP) is 3.03. The van der Waals surface area contributed by atoms with Crippen LogP contribution in [0.5, 0.6) is 0 Å². The van der Waals surface area contributed by atoms with E-state index in [2.05, 4.69) is 5.32 Å². The lowest BCUT2D eigenvalue weighted by atomic mass is 10.0. The predicted molar refractivity (Wildman–Crippen MR) is 84.7 cm³/mol. The molecule has 0 aromatic heterocycles. The Morgan fingerprint density at radius 2 is 1.83 bits per heavy atom. The molecule has 23 heavy (non-hydrogen) atoms. The number of carboxylic acids is 1. The van der Waals surface area contributed by atoms with Crippen molar-refractivity contribution in [2.45, 2.75) is 25.3 Å². The van der Waals surface area contributed by atoms with Gasteiger partial charge in [0.15, 0.2) is 0 Å². The normalized spacial score (nSPS) is 11.7. The van der Waals surface area contributed by atoms with Crippen LogP contribution in [0.25, 0.3) is 0 Å². The van der Waals surface area contributed by atoms with Gasteiger partial charge >= 0.3 is 5.97 Å². The van der Waals surface area contributed by atoms with E-state index in [-0.39, 0.29) is 5.56 Å². The van der Waals surface area contributed by atoms with Gasteiger partial charge in [0.1, 0.15) is 11.9 Å². The zero-order valence-electron chi connectivity index (χ0n) is 12.5. The van der Waals surface area contributed by atoms with E-state index in [1.165, 1.54) is 18.2 Å². The number of carboxylic acid groups (broad SMARTS) is 1. The quantitative estimate of drug-likeness (QED) is 0.825. The molecule has 120 valence electrons. The third kappa shape index (κ3) is 5.21. The van der Waals surface area contributed by atoms with Crippen molar-refractivity contribution in [3.63, 3.8) is 0 Å². The Morgan fingerprint density at radius 3 is 2.48 bits per heavy atom. The second-order valence-corrected chi connectivity index (χ2v) is 5.25. The van der Waals surface area contributed by atoms with Crippen LogP contribution in [-0.4, -0.2) is 23.0 Å². The molecule has 0 saturated carbocycles. The standard InChI is InChI=1S/C18H18FNO3/c19-15-10-5-9-14(12-15)17(21)20-16(18(22)23)11-4-8-13-6-2-1-3-7-13/h1-3,5-7,9-10,12,16H,4,8,11H2,(H,20,21)(H,22,23)/t16-/m0/s1. The van der Waals surface area contributed by atoms with Crippen molar-refractivity contribution in [1.82, 2.24) is 5.32 Å². The van der Waals surface area contributed by atoms with Crippen molar-refractivity contribution in [2.24, 2.45) is 0 Å².